The van der Waals surface area contributed by atoms with Gasteiger partial charge in [-0.05, 0) is 34.1 Å². The molecule has 0 atom stereocenters. The molecule has 1 saturated heterocycles. The van der Waals surface area contributed by atoms with Gasteiger partial charge in [-0.25, -0.2) is 4.98 Å². The summed E-state index contributed by atoms with van der Waals surface area (Å²) in [4.78, 5) is 34.8. The Hall–Kier alpha value is -2.94. The SMILES string of the molecule is O=C(c1c[nH]c2ccc([N+](=O)[O-])cc12)N1CCN(c2ccc(Br)cn2)CC1. The number of nitrogens with one attached hydrogen (secondary N) is 1. The number of carbonyl (C=O) groups excluding carboxylic acids is 1. The van der Waals surface area contributed by atoms with Crippen molar-refractivity contribution in [1.82, 2.24) is 14.9 Å². The molecule has 3 heterocycles. The third-order valence-corrected chi connectivity index (χ3v) is 5.18. The quantitative estimate of drug-likeness (QED) is 0.509. The van der Waals surface area contributed by atoms with Gasteiger partial charge in [-0.15, -0.1) is 0 Å². The van der Waals surface area contributed by atoms with Crippen LogP contribution in [0.25, 0.3) is 10.9 Å². The van der Waals surface area contributed by atoms with E-state index in [4.69, 9.17) is 0 Å². The molecule has 0 saturated carbocycles. The number of hydrogen-bond donors (Lipinski definition) is 1. The molecule has 1 aliphatic rings. The molecule has 0 radical (unpaired) electrons. The summed E-state index contributed by atoms with van der Waals surface area (Å²) < 4.78 is 0.925. The van der Waals surface area contributed by atoms with Crippen molar-refractivity contribution in [2.24, 2.45) is 0 Å². The number of pyridine rings is 1. The van der Waals surface area contributed by atoms with Gasteiger partial charge in [0.25, 0.3) is 11.6 Å². The number of amides is 1. The molecule has 0 bridgehead atoms. The molecular formula is C18H16BrN5O3. The van der Waals surface area contributed by atoms with Crippen molar-refractivity contribution in [3.8, 4) is 0 Å². The Morgan fingerprint density at radius 3 is 2.63 bits per heavy atom. The van der Waals surface area contributed by atoms with Gasteiger partial charge in [-0.2, -0.15) is 0 Å². The summed E-state index contributed by atoms with van der Waals surface area (Å²) in [5.74, 6) is 0.762. The van der Waals surface area contributed by atoms with Crippen molar-refractivity contribution in [1.29, 1.82) is 0 Å². The first kappa shape index (κ1) is 17.5. The number of benzene rings is 1. The highest BCUT2D eigenvalue weighted by Crippen LogP contribution is 2.25. The molecule has 1 fully saturated rings. The predicted molar refractivity (Wildman–Crippen MR) is 105 cm³/mol. The van der Waals surface area contributed by atoms with Crippen molar-refractivity contribution in [2.75, 3.05) is 31.1 Å². The highest BCUT2D eigenvalue weighted by molar-refractivity contribution is 9.10. The number of nitro groups is 1. The van der Waals surface area contributed by atoms with Gasteiger partial charge in [0, 0.05) is 66.1 Å². The lowest BCUT2D eigenvalue weighted by Gasteiger charge is -2.35. The highest BCUT2D eigenvalue weighted by atomic mass is 79.9. The van der Waals surface area contributed by atoms with Crippen molar-refractivity contribution in [3.63, 3.8) is 0 Å². The number of non-ortho nitro benzene ring substituents is 1. The Morgan fingerprint density at radius 1 is 1.19 bits per heavy atom. The standard InChI is InChI=1S/C18H16BrN5O3/c19-12-1-4-17(21-10-12)22-5-7-23(8-6-22)18(25)15-11-20-16-3-2-13(24(26)27)9-14(15)16/h1-4,9-11,20H,5-8H2. The van der Waals surface area contributed by atoms with Crippen molar-refractivity contribution < 1.29 is 9.72 Å². The van der Waals surface area contributed by atoms with Crippen molar-refractivity contribution in [2.45, 2.75) is 0 Å². The summed E-state index contributed by atoms with van der Waals surface area (Å²) in [6.07, 6.45) is 3.38. The summed E-state index contributed by atoms with van der Waals surface area (Å²) in [5, 5.41) is 11.6. The number of carbonyl (C=O) groups is 1. The second kappa shape index (κ2) is 6.99. The van der Waals surface area contributed by atoms with E-state index in [9.17, 15) is 14.9 Å². The third-order valence-electron chi connectivity index (χ3n) is 4.71. The van der Waals surface area contributed by atoms with E-state index < -0.39 is 4.92 Å². The fourth-order valence-electron chi connectivity index (χ4n) is 3.26. The molecular weight excluding hydrogens is 414 g/mol. The second-order valence-corrected chi connectivity index (χ2v) is 7.22. The lowest BCUT2D eigenvalue weighted by molar-refractivity contribution is -0.384. The maximum Gasteiger partial charge on any atom is 0.270 e. The minimum absolute atomic E-state index is 0.0257. The Labute approximate surface area is 163 Å². The van der Waals surface area contributed by atoms with E-state index in [2.05, 4.69) is 30.8 Å². The Morgan fingerprint density at radius 2 is 1.96 bits per heavy atom. The maximum absolute atomic E-state index is 12.9. The van der Waals surface area contributed by atoms with Crippen LogP contribution in [-0.2, 0) is 0 Å². The van der Waals surface area contributed by atoms with Crippen LogP contribution in [-0.4, -0.2) is 51.9 Å². The number of piperazine rings is 1. The molecule has 3 aromatic rings. The average Bonchev–Trinajstić information content (AvgIpc) is 3.11. The minimum atomic E-state index is -0.454. The zero-order valence-electron chi connectivity index (χ0n) is 14.3. The molecule has 1 aliphatic heterocycles. The lowest BCUT2D eigenvalue weighted by atomic mass is 10.1. The van der Waals surface area contributed by atoms with E-state index in [1.54, 1.807) is 23.4 Å². The van der Waals surface area contributed by atoms with Crippen LogP contribution in [0.3, 0.4) is 0 Å². The summed E-state index contributed by atoms with van der Waals surface area (Å²) in [7, 11) is 0. The zero-order valence-corrected chi connectivity index (χ0v) is 15.8. The van der Waals surface area contributed by atoms with Crippen molar-refractivity contribution >= 4 is 44.2 Å². The lowest BCUT2D eigenvalue weighted by Crippen LogP contribution is -2.49. The maximum atomic E-state index is 12.9. The number of rotatable bonds is 3. The van der Waals surface area contributed by atoms with Crippen LogP contribution in [0, 0.1) is 10.1 Å². The number of halogens is 1. The van der Waals surface area contributed by atoms with Gasteiger partial charge in [-0.3, -0.25) is 14.9 Å². The molecule has 2 aromatic heterocycles. The summed E-state index contributed by atoms with van der Waals surface area (Å²) in [6, 6.07) is 8.39. The van der Waals surface area contributed by atoms with Crippen LogP contribution in [0.4, 0.5) is 11.5 Å². The summed E-state index contributed by atoms with van der Waals surface area (Å²) >= 11 is 3.37. The molecule has 1 N–H and O–H groups in total. The molecule has 8 nitrogen and oxygen atoms in total. The van der Waals surface area contributed by atoms with Gasteiger partial charge in [0.2, 0.25) is 0 Å². The van der Waals surface area contributed by atoms with Crippen LogP contribution in [0.5, 0.6) is 0 Å². The van der Waals surface area contributed by atoms with Crippen LogP contribution in [0.15, 0.2) is 47.2 Å². The Bertz CT molecular complexity index is 1010. The third kappa shape index (κ3) is 3.37. The zero-order chi connectivity index (χ0) is 19.0. The van der Waals surface area contributed by atoms with E-state index in [0.717, 1.165) is 10.3 Å². The van der Waals surface area contributed by atoms with E-state index in [-0.39, 0.29) is 11.6 Å². The predicted octanol–water partition coefficient (Wildman–Crippen LogP) is 3.20. The number of nitro benzene ring substituents is 1. The van der Waals surface area contributed by atoms with Crippen molar-refractivity contribution in [3.05, 3.63) is 62.9 Å². The van der Waals surface area contributed by atoms with Gasteiger partial charge < -0.3 is 14.8 Å². The number of hydrogen-bond acceptors (Lipinski definition) is 5. The van der Waals surface area contributed by atoms with Crippen LogP contribution >= 0.6 is 15.9 Å². The largest absolute Gasteiger partial charge is 0.360 e. The summed E-state index contributed by atoms with van der Waals surface area (Å²) in [6.45, 7) is 2.50. The van der Waals surface area contributed by atoms with Gasteiger partial charge in [0.15, 0.2) is 0 Å². The fraction of sp³-hybridized carbons (Fsp3) is 0.222. The van der Waals surface area contributed by atoms with Crippen LogP contribution in [0.1, 0.15) is 10.4 Å². The van der Waals surface area contributed by atoms with E-state index >= 15 is 0 Å². The van der Waals surface area contributed by atoms with Gasteiger partial charge in [0.05, 0.1) is 10.5 Å². The number of anilines is 1. The van der Waals surface area contributed by atoms with Crippen LogP contribution in [0.2, 0.25) is 0 Å². The molecule has 4 rings (SSSR count). The molecule has 1 amide bonds. The first-order valence-electron chi connectivity index (χ1n) is 8.44. The average molecular weight is 430 g/mol. The van der Waals surface area contributed by atoms with Gasteiger partial charge in [0.1, 0.15) is 5.82 Å². The van der Waals surface area contributed by atoms with Gasteiger partial charge in [-0.1, -0.05) is 0 Å². The number of H-pyrrole nitrogens is 1. The second-order valence-electron chi connectivity index (χ2n) is 6.30. The van der Waals surface area contributed by atoms with E-state index in [1.807, 2.05) is 12.1 Å². The Balaban J connectivity index is 1.51. The van der Waals surface area contributed by atoms with E-state index in [1.165, 1.54) is 12.1 Å². The normalized spacial score (nSPS) is 14.6. The molecule has 0 unspecified atom stereocenters. The molecule has 0 spiro atoms. The minimum Gasteiger partial charge on any atom is -0.360 e. The fourth-order valence-corrected chi connectivity index (χ4v) is 3.50. The van der Waals surface area contributed by atoms with Crippen LogP contribution < -0.4 is 4.90 Å². The number of aromatic amines is 1. The molecule has 0 aliphatic carbocycles. The number of nitrogens with zero attached hydrogens (tertiary/aromatic N) is 4. The van der Waals surface area contributed by atoms with Gasteiger partial charge >= 0.3 is 0 Å². The van der Waals surface area contributed by atoms with E-state index in [0.29, 0.717) is 42.6 Å². The highest BCUT2D eigenvalue weighted by Gasteiger charge is 2.25. The first-order valence-corrected chi connectivity index (χ1v) is 9.23. The Kier molecular flexibility index (Phi) is 4.53. The smallest absolute Gasteiger partial charge is 0.270 e. The molecule has 27 heavy (non-hydrogen) atoms. The summed E-state index contributed by atoms with van der Waals surface area (Å²) in [5.41, 5.74) is 1.15. The molecule has 138 valence electrons. The monoisotopic (exact) mass is 429 g/mol. The first-order chi connectivity index (χ1) is 13.0. The molecule has 9 heteroatoms. The molecule has 1 aromatic carbocycles. The number of aromatic nitrogens is 2. The number of fused-ring (bicyclic) bond motifs is 1. The topological polar surface area (TPSA) is 95.4 Å².